The third kappa shape index (κ3) is 4.16. The number of piperazine rings is 1. The molecule has 3 aromatic rings. The van der Waals surface area contributed by atoms with E-state index in [0.29, 0.717) is 47.8 Å². The quantitative estimate of drug-likeness (QED) is 0.587. The monoisotopic (exact) mass is 466 g/mol. The largest absolute Gasteiger partial charge is 0.335 e. The molecule has 0 bridgehead atoms. The van der Waals surface area contributed by atoms with Gasteiger partial charge in [-0.1, -0.05) is 48.0 Å². The Hall–Kier alpha value is -2.74. The highest BCUT2D eigenvalue weighted by Gasteiger charge is 2.37. The fraction of sp³-hybridized carbons (Fsp3) is 0.292. The Morgan fingerprint density at radius 2 is 1.66 bits per heavy atom. The molecule has 2 aliphatic heterocycles. The second kappa shape index (κ2) is 9.02. The van der Waals surface area contributed by atoms with Crippen molar-refractivity contribution in [1.82, 2.24) is 19.7 Å². The van der Waals surface area contributed by atoms with Gasteiger partial charge in [0.2, 0.25) is 0 Å². The van der Waals surface area contributed by atoms with Gasteiger partial charge in [-0.15, -0.1) is 11.3 Å². The van der Waals surface area contributed by atoms with E-state index in [1.165, 1.54) is 11.3 Å². The van der Waals surface area contributed by atoms with Crippen LogP contribution in [0.25, 0.3) is 11.1 Å². The minimum atomic E-state index is -0.0246. The van der Waals surface area contributed by atoms with Crippen molar-refractivity contribution in [2.75, 3.05) is 39.3 Å². The van der Waals surface area contributed by atoms with Crippen LogP contribution in [0, 0.1) is 0 Å². The molecule has 2 aromatic carbocycles. The van der Waals surface area contributed by atoms with Crippen LogP contribution in [0.4, 0.5) is 0 Å². The number of hydrogen-bond donors (Lipinski definition) is 0. The molecule has 0 aliphatic carbocycles. The van der Waals surface area contributed by atoms with Gasteiger partial charge in [0.15, 0.2) is 5.01 Å². The van der Waals surface area contributed by atoms with Crippen LogP contribution in [0.2, 0.25) is 5.02 Å². The number of thiazole rings is 1. The summed E-state index contributed by atoms with van der Waals surface area (Å²) in [6, 6.07) is 16.0. The SMILES string of the molecule is O=C(c1nccs1)N1CCN(C2CN(C(=O)c3ccc(-c4ccccc4)cc3Cl)C2)CC1. The Bertz CT molecular complexity index is 1110. The maximum Gasteiger partial charge on any atom is 0.282 e. The molecule has 1 aromatic heterocycles. The molecule has 32 heavy (non-hydrogen) atoms. The van der Waals surface area contributed by atoms with Crippen LogP contribution < -0.4 is 0 Å². The van der Waals surface area contributed by atoms with Gasteiger partial charge >= 0.3 is 0 Å². The number of carbonyl (C=O) groups is 2. The van der Waals surface area contributed by atoms with Crippen molar-refractivity contribution >= 4 is 34.8 Å². The average Bonchev–Trinajstić information content (AvgIpc) is 3.33. The summed E-state index contributed by atoms with van der Waals surface area (Å²) in [7, 11) is 0. The van der Waals surface area contributed by atoms with Crippen molar-refractivity contribution in [3.8, 4) is 11.1 Å². The molecule has 164 valence electrons. The highest BCUT2D eigenvalue weighted by Crippen LogP contribution is 2.28. The molecule has 0 saturated carbocycles. The van der Waals surface area contributed by atoms with Gasteiger partial charge < -0.3 is 9.80 Å². The Balaban J connectivity index is 1.15. The second-order valence-electron chi connectivity index (χ2n) is 8.09. The Kier molecular flexibility index (Phi) is 5.95. The molecule has 0 radical (unpaired) electrons. The average molecular weight is 467 g/mol. The minimum Gasteiger partial charge on any atom is -0.335 e. The topological polar surface area (TPSA) is 56.8 Å². The highest BCUT2D eigenvalue weighted by molar-refractivity contribution is 7.11. The maximum atomic E-state index is 13.0. The van der Waals surface area contributed by atoms with Crippen LogP contribution >= 0.6 is 22.9 Å². The molecule has 2 saturated heterocycles. The lowest BCUT2D eigenvalue weighted by atomic mass is 10.0. The van der Waals surface area contributed by atoms with Crippen molar-refractivity contribution < 1.29 is 9.59 Å². The van der Waals surface area contributed by atoms with Crippen LogP contribution in [-0.2, 0) is 0 Å². The number of likely N-dealkylation sites (tertiary alicyclic amines) is 1. The van der Waals surface area contributed by atoms with Gasteiger partial charge in [-0.05, 0) is 23.3 Å². The predicted octanol–water partition coefficient (Wildman–Crippen LogP) is 3.75. The standard InChI is InChI=1S/C24H23ClN4O2S/c25-21-14-18(17-4-2-1-3-5-17)6-7-20(21)23(30)29-15-19(16-29)27-9-11-28(12-10-27)24(31)22-26-8-13-32-22/h1-8,13-14,19H,9-12,15-16H2. The van der Waals surface area contributed by atoms with Crippen LogP contribution in [-0.4, -0.2) is 76.8 Å². The first-order chi connectivity index (χ1) is 15.6. The first-order valence-electron chi connectivity index (χ1n) is 10.7. The summed E-state index contributed by atoms with van der Waals surface area (Å²) in [5, 5.41) is 2.86. The number of carbonyl (C=O) groups excluding carboxylic acids is 2. The summed E-state index contributed by atoms with van der Waals surface area (Å²) < 4.78 is 0. The second-order valence-corrected chi connectivity index (χ2v) is 9.39. The molecule has 8 heteroatoms. The van der Waals surface area contributed by atoms with Crippen molar-refractivity contribution in [3.63, 3.8) is 0 Å². The summed E-state index contributed by atoms with van der Waals surface area (Å²) in [5.74, 6) is -0.0119. The van der Waals surface area contributed by atoms with Gasteiger partial charge in [0.1, 0.15) is 0 Å². The third-order valence-electron chi connectivity index (χ3n) is 6.19. The molecule has 0 atom stereocenters. The van der Waals surface area contributed by atoms with Crippen molar-refractivity contribution in [2.24, 2.45) is 0 Å². The Morgan fingerprint density at radius 3 is 2.31 bits per heavy atom. The van der Waals surface area contributed by atoms with Crippen LogP contribution in [0.1, 0.15) is 20.2 Å². The molecule has 3 heterocycles. The van der Waals surface area contributed by atoms with E-state index < -0.39 is 0 Å². The summed E-state index contributed by atoms with van der Waals surface area (Å²) in [4.78, 5) is 35.6. The van der Waals surface area contributed by atoms with Crippen LogP contribution in [0.5, 0.6) is 0 Å². The van der Waals surface area contributed by atoms with Gasteiger partial charge in [0, 0.05) is 56.9 Å². The maximum absolute atomic E-state index is 13.0. The molecule has 0 N–H and O–H groups in total. The highest BCUT2D eigenvalue weighted by atomic mass is 35.5. The van der Waals surface area contributed by atoms with Gasteiger partial charge in [0.05, 0.1) is 10.6 Å². The summed E-state index contributed by atoms with van der Waals surface area (Å²) in [6.45, 7) is 4.39. The van der Waals surface area contributed by atoms with Crippen molar-refractivity contribution in [3.05, 3.63) is 75.7 Å². The van der Waals surface area contributed by atoms with E-state index in [1.807, 2.05) is 63.7 Å². The van der Waals surface area contributed by atoms with Crippen LogP contribution in [0.15, 0.2) is 60.1 Å². The molecule has 2 amide bonds. The molecule has 0 spiro atoms. The molecule has 2 aliphatic rings. The molecular formula is C24H23ClN4O2S. The molecule has 0 unspecified atom stereocenters. The van der Waals surface area contributed by atoms with Crippen molar-refractivity contribution in [2.45, 2.75) is 6.04 Å². The lowest BCUT2D eigenvalue weighted by Gasteiger charge is -2.48. The number of hydrogen-bond acceptors (Lipinski definition) is 5. The van der Waals surface area contributed by atoms with E-state index in [9.17, 15) is 9.59 Å². The predicted molar refractivity (Wildman–Crippen MR) is 126 cm³/mol. The fourth-order valence-electron chi connectivity index (χ4n) is 4.28. The first-order valence-corrected chi connectivity index (χ1v) is 11.9. The number of nitrogens with zero attached hydrogens (tertiary/aromatic N) is 4. The van der Waals surface area contributed by atoms with Gasteiger partial charge in [-0.2, -0.15) is 0 Å². The Morgan fingerprint density at radius 1 is 0.906 bits per heavy atom. The molecule has 5 rings (SSSR count). The summed E-state index contributed by atoms with van der Waals surface area (Å²) in [6.07, 6.45) is 1.66. The first kappa shape index (κ1) is 21.1. The van der Waals surface area contributed by atoms with E-state index in [2.05, 4.69) is 9.88 Å². The molecular weight excluding hydrogens is 444 g/mol. The number of amides is 2. The van der Waals surface area contributed by atoms with E-state index in [1.54, 1.807) is 6.20 Å². The smallest absolute Gasteiger partial charge is 0.282 e. The van der Waals surface area contributed by atoms with E-state index in [4.69, 9.17) is 11.6 Å². The number of benzene rings is 2. The number of rotatable bonds is 4. The van der Waals surface area contributed by atoms with E-state index in [0.717, 1.165) is 24.2 Å². The zero-order chi connectivity index (χ0) is 22.1. The van der Waals surface area contributed by atoms with E-state index >= 15 is 0 Å². The lowest BCUT2D eigenvalue weighted by molar-refractivity contribution is 0.00854. The minimum absolute atomic E-state index is 0.0126. The zero-order valence-corrected chi connectivity index (χ0v) is 19.1. The number of aromatic nitrogens is 1. The molecule has 2 fully saturated rings. The van der Waals surface area contributed by atoms with Gasteiger partial charge in [0.25, 0.3) is 11.8 Å². The summed E-state index contributed by atoms with van der Waals surface area (Å²) in [5.41, 5.74) is 2.62. The van der Waals surface area contributed by atoms with Gasteiger partial charge in [-0.25, -0.2) is 4.98 Å². The fourth-order valence-corrected chi connectivity index (χ4v) is 5.14. The number of halogens is 1. The van der Waals surface area contributed by atoms with E-state index in [-0.39, 0.29) is 11.8 Å². The normalized spacial score (nSPS) is 17.3. The van der Waals surface area contributed by atoms with Crippen LogP contribution in [0.3, 0.4) is 0 Å². The Labute approximate surface area is 196 Å². The van der Waals surface area contributed by atoms with Crippen molar-refractivity contribution in [1.29, 1.82) is 0 Å². The molecule has 6 nitrogen and oxygen atoms in total. The lowest BCUT2D eigenvalue weighted by Crippen LogP contribution is -2.64. The van der Waals surface area contributed by atoms with Gasteiger partial charge in [-0.3, -0.25) is 14.5 Å². The zero-order valence-electron chi connectivity index (χ0n) is 17.5. The third-order valence-corrected chi connectivity index (χ3v) is 7.26. The summed E-state index contributed by atoms with van der Waals surface area (Å²) >= 11 is 7.85.